The first-order valence-corrected chi connectivity index (χ1v) is 7.72. The van der Waals surface area contributed by atoms with Gasteiger partial charge in [-0.3, -0.25) is 4.90 Å². The van der Waals surface area contributed by atoms with Gasteiger partial charge in [-0.05, 0) is 19.8 Å². The molecule has 5 nitrogen and oxygen atoms in total. The molecule has 0 bridgehead atoms. The lowest BCUT2D eigenvalue weighted by atomic mass is 10.1. The summed E-state index contributed by atoms with van der Waals surface area (Å²) in [4.78, 5) is 14.3. The van der Waals surface area contributed by atoms with Gasteiger partial charge in [-0.1, -0.05) is 0 Å². The van der Waals surface area contributed by atoms with E-state index in [1.807, 2.05) is 0 Å². The minimum atomic E-state index is 0.630. The SMILES string of the molecule is Cc1cc(N2CC(N3CCOCC3)C2)nc(C2CC2)n1. The van der Waals surface area contributed by atoms with E-state index in [2.05, 4.69) is 27.8 Å². The summed E-state index contributed by atoms with van der Waals surface area (Å²) in [5, 5.41) is 0. The molecule has 1 aromatic rings. The van der Waals surface area contributed by atoms with Crippen LogP contribution in [0.1, 0.15) is 30.3 Å². The number of hydrogen-bond donors (Lipinski definition) is 0. The molecule has 4 rings (SSSR count). The lowest BCUT2D eigenvalue weighted by molar-refractivity contribution is 0.0104. The Morgan fingerprint density at radius 3 is 2.60 bits per heavy atom. The summed E-state index contributed by atoms with van der Waals surface area (Å²) >= 11 is 0. The third-order valence-electron chi connectivity index (χ3n) is 4.55. The van der Waals surface area contributed by atoms with Crippen molar-refractivity contribution in [3.63, 3.8) is 0 Å². The summed E-state index contributed by atoms with van der Waals surface area (Å²) in [6.07, 6.45) is 2.53. The van der Waals surface area contributed by atoms with Crippen LogP contribution >= 0.6 is 0 Å². The second kappa shape index (κ2) is 4.97. The summed E-state index contributed by atoms with van der Waals surface area (Å²) < 4.78 is 5.42. The van der Waals surface area contributed by atoms with Crippen molar-refractivity contribution in [2.75, 3.05) is 44.3 Å². The second-order valence-electron chi connectivity index (χ2n) is 6.21. The third kappa shape index (κ3) is 2.40. The normalized spacial score (nSPS) is 24.8. The molecule has 5 heteroatoms. The second-order valence-corrected chi connectivity index (χ2v) is 6.21. The van der Waals surface area contributed by atoms with Crippen LogP contribution in [0.15, 0.2) is 6.07 Å². The first kappa shape index (κ1) is 12.5. The molecule has 0 atom stereocenters. The quantitative estimate of drug-likeness (QED) is 0.828. The van der Waals surface area contributed by atoms with E-state index in [0.29, 0.717) is 12.0 Å². The summed E-state index contributed by atoms with van der Waals surface area (Å²) in [5.74, 6) is 2.82. The number of anilines is 1. The number of nitrogens with zero attached hydrogens (tertiary/aromatic N) is 4. The van der Waals surface area contributed by atoms with Crippen molar-refractivity contribution in [1.29, 1.82) is 0 Å². The largest absolute Gasteiger partial charge is 0.379 e. The van der Waals surface area contributed by atoms with Crippen LogP contribution in [-0.4, -0.2) is 60.3 Å². The third-order valence-corrected chi connectivity index (χ3v) is 4.55. The van der Waals surface area contributed by atoms with E-state index in [4.69, 9.17) is 9.72 Å². The van der Waals surface area contributed by atoms with Crippen LogP contribution in [0.4, 0.5) is 5.82 Å². The van der Waals surface area contributed by atoms with Gasteiger partial charge in [-0.15, -0.1) is 0 Å². The number of aromatic nitrogens is 2. The van der Waals surface area contributed by atoms with Crippen molar-refractivity contribution >= 4 is 5.82 Å². The van der Waals surface area contributed by atoms with Crippen molar-refractivity contribution in [2.24, 2.45) is 0 Å². The van der Waals surface area contributed by atoms with Gasteiger partial charge in [0.1, 0.15) is 11.6 Å². The summed E-state index contributed by atoms with van der Waals surface area (Å²) in [6, 6.07) is 2.81. The van der Waals surface area contributed by atoms with E-state index in [0.717, 1.165) is 56.7 Å². The Bertz CT molecular complexity index is 491. The summed E-state index contributed by atoms with van der Waals surface area (Å²) in [7, 11) is 0. The zero-order valence-electron chi connectivity index (χ0n) is 12.1. The fourth-order valence-corrected chi connectivity index (χ4v) is 3.08. The maximum atomic E-state index is 5.42. The highest BCUT2D eigenvalue weighted by Gasteiger charge is 2.34. The highest BCUT2D eigenvalue weighted by molar-refractivity contribution is 5.44. The highest BCUT2D eigenvalue weighted by Crippen LogP contribution is 2.39. The predicted molar refractivity (Wildman–Crippen MR) is 77.1 cm³/mol. The van der Waals surface area contributed by atoms with Gasteiger partial charge in [-0.2, -0.15) is 0 Å². The molecule has 3 aliphatic rings. The fraction of sp³-hybridized carbons (Fsp3) is 0.733. The molecule has 0 amide bonds. The van der Waals surface area contributed by atoms with Crippen molar-refractivity contribution < 1.29 is 4.74 Å². The zero-order chi connectivity index (χ0) is 13.5. The number of aryl methyl sites for hydroxylation is 1. The standard InChI is InChI=1S/C15H22N4O/c1-11-8-14(17-15(16-11)12-2-3-12)19-9-13(10-19)18-4-6-20-7-5-18/h8,12-13H,2-7,9-10H2,1H3. The van der Waals surface area contributed by atoms with E-state index < -0.39 is 0 Å². The van der Waals surface area contributed by atoms with Gasteiger partial charge in [0.05, 0.1) is 13.2 Å². The monoisotopic (exact) mass is 274 g/mol. The van der Waals surface area contributed by atoms with Gasteiger partial charge in [0.15, 0.2) is 0 Å². The van der Waals surface area contributed by atoms with Gasteiger partial charge >= 0.3 is 0 Å². The lowest BCUT2D eigenvalue weighted by Crippen LogP contribution is -2.61. The summed E-state index contributed by atoms with van der Waals surface area (Å²) in [6.45, 7) is 8.20. The molecule has 0 aromatic carbocycles. The fourth-order valence-electron chi connectivity index (χ4n) is 3.08. The topological polar surface area (TPSA) is 41.5 Å². The molecule has 108 valence electrons. The first-order chi connectivity index (χ1) is 9.79. The average Bonchev–Trinajstić information content (AvgIpc) is 3.22. The molecular weight excluding hydrogens is 252 g/mol. The molecule has 2 saturated heterocycles. The Morgan fingerprint density at radius 2 is 1.90 bits per heavy atom. The van der Waals surface area contributed by atoms with Gasteiger partial charge in [0.25, 0.3) is 0 Å². The maximum absolute atomic E-state index is 5.42. The molecule has 0 radical (unpaired) electrons. The lowest BCUT2D eigenvalue weighted by Gasteiger charge is -2.47. The molecule has 1 aliphatic carbocycles. The molecule has 2 aliphatic heterocycles. The average molecular weight is 274 g/mol. The Hall–Kier alpha value is -1.20. The van der Waals surface area contributed by atoms with Gasteiger partial charge < -0.3 is 9.64 Å². The number of ether oxygens (including phenoxy) is 1. The van der Waals surface area contributed by atoms with Crippen LogP contribution < -0.4 is 4.90 Å². The van der Waals surface area contributed by atoms with Crippen molar-refractivity contribution in [1.82, 2.24) is 14.9 Å². The van der Waals surface area contributed by atoms with Crippen LogP contribution in [0.5, 0.6) is 0 Å². The Balaban J connectivity index is 1.42. The molecule has 3 fully saturated rings. The Morgan fingerprint density at radius 1 is 1.15 bits per heavy atom. The van der Waals surface area contributed by atoms with E-state index in [1.54, 1.807) is 0 Å². The smallest absolute Gasteiger partial charge is 0.134 e. The Labute approximate surface area is 120 Å². The molecule has 3 heterocycles. The Kier molecular flexibility index (Phi) is 3.11. The van der Waals surface area contributed by atoms with E-state index in [9.17, 15) is 0 Å². The maximum Gasteiger partial charge on any atom is 0.134 e. The van der Waals surface area contributed by atoms with Crippen LogP contribution in [0.3, 0.4) is 0 Å². The van der Waals surface area contributed by atoms with Crippen LogP contribution in [0.25, 0.3) is 0 Å². The predicted octanol–water partition coefficient (Wildman–Crippen LogP) is 1.18. The molecule has 20 heavy (non-hydrogen) atoms. The van der Waals surface area contributed by atoms with Crippen LogP contribution in [0.2, 0.25) is 0 Å². The van der Waals surface area contributed by atoms with E-state index in [-0.39, 0.29) is 0 Å². The summed E-state index contributed by atoms with van der Waals surface area (Å²) in [5.41, 5.74) is 1.10. The van der Waals surface area contributed by atoms with Crippen molar-refractivity contribution in [3.05, 3.63) is 17.6 Å². The van der Waals surface area contributed by atoms with E-state index in [1.165, 1.54) is 12.8 Å². The van der Waals surface area contributed by atoms with Gasteiger partial charge in [0.2, 0.25) is 0 Å². The van der Waals surface area contributed by atoms with Crippen LogP contribution in [-0.2, 0) is 4.74 Å². The zero-order valence-corrected chi connectivity index (χ0v) is 12.1. The number of rotatable bonds is 3. The first-order valence-electron chi connectivity index (χ1n) is 7.72. The van der Waals surface area contributed by atoms with Gasteiger partial charge in [0, 0.05) is 49.9 Å². The molecule has 1 aromatic heterocycles. The van der Waals surface area contributed by atoms with Crippen molar-refractivity contribution in [2.45, 2.75) is 31.7 Å². The van der Waals surface area contributed by atoms with Crippen molar-refractivity contribution in [3.8, 4) is 0 Å². The van der Waals surface area contributed by atoms with E-state index >= 15 is 0 Å². The van der Waals surface area contributed by atoms with Gasteiger partial charge in [-0.25, -0.2) is 9.97 Å². The molecule has 1 saturated carbocycles. The molecular formula is C15H22N4O. The molecule has 0 N–H and O–H groups in total. The minimum absolute atomic E-state index is 0.630. The highest BCUT2D eigenvalue weighted by atomic mass is 16.5. The molecule has 0 spiro atoms. The van der Waals surface area contributed by atoms with Crippen LogP contribution in [0, 0.1) is 6.92 Å². The number of morpholine rings is 1. The minimum Gasteiger partial charge on any atom is -0.379 e. The number of hydrogen-bond acceptors (Lipinski definition) is 5. The molecule has 0 unspecified atom stereocenters.